The van der Waals surface area contributed by atoms with Crippen molar-refractivity contribution < 1.29 is 9.53 Å². The van der Waals surface area contributed by atoms with Crippen LogP contribution in [0.25, 0.3) is 11.4 Å². The first-order chi connectivity index (χ1) is 16.1. The fourth-order valence-corrected chi connectivity index (χ4v) is 4.01. The van der Waals surface area contributed by atoms with Crippen molar-refractivity contribution in [1.82, 2.24) is 19.7 Å². The molecule has 0 aliphatic rings. The summed E-state index contributed by atoms with van der Waals surface area (Å²) in [6, 6.07) is 19.0. The van der Waals surface area contributed by atoms with Crippen LogP contribution in [0.15, 0.2) is 78.2 Å². The lowest BCUT2D eigenvalue weighted by molar-refractivity contribution is -0.113. The van der Waals surface area contributed by atoms with E-state index >= 15 is 0 Å². The van der Waals surface area contributed by atoms with Gasteiger partial charge in [0.2, 0.25) is 5.91 Å². The van der Waals surface area contributed by atoms with Crippen molar-refractivity contribution in [2.45, 2.75) is 32.0 Å². The number of carbonyl (C=O) groups is 1. The van der Waals surface area contributed by atoms with Gasteiger partial charge < -0.3 is 14.6 Å². The van der Waals surface area contributed by atoms with Crippen molar-refractivity contribution in [1.29, 1.82) is 0 Å². The van der Waals surface area contributed by atoms with Crippen LogP contribution >= 0.6 is 11.8 Å². The fraction of sp³-hybridized carbons (Fsp3) is 0.200. The van der Waals surface area contributed by atoms with Crippen LogP contribution in [0.2, 0.25) is 0 Å². The van der Waals surface area contributed by atoms with Crippen molar-refractivity contribution in [3.63, 3.8) is 0 Å². The number of aryl methyl sites for hydroxylation is 1. The monoisotopic (exact) mass is 459 g/mol. The maximum atomic E-state index is 12.7. The van der Waals surface area contributed by atoms with Crippen LogP contribution in [0, 0.1) is 6.92 Å². The van der Waals surface area contributed by atoms with Crippen LogP contribution in [0.3, 0.4) is 0 Å². The number of carbonyl (C=O) groups excluding carboxylic acids is 1. The number of benzene rings is 2. The summed E-state index contributed by atoms with van der Waals surface area (Å²) >= 11 is 1.36. The number of pyridine rings is 1. The predicted molar refractivity (Wildman–Crippen MR) is 131 cm³/mol. The summed E-state index contributed by atoms with van der Waals surface area (Å²) in [5.41, 5.74) is 2.73. The van der Waals surface area contributed by atoms with E-state index in [0.717, 1.165) is 29.9 Å². The molecule has 1 amide bonds. The van der Waals surface area contributed by atoms with Crippen LogP contribution < -0.4 is 10.1 Å². The molecule has 0 saturated carbocycles. The lowest BCUT2D eigenvalue weighted by atomic mass is 10.2. The maximum absolute atomic E-state index is 12.7. The standard InChI is InChI=1S/C25H25N5O2S/c1-3-16-30-24(19-12-14-26-15-13-19)28-29-25(30)33-17-23(31)27-21-6-4-5-7-22(21)32-20-10-8-18(2)9-11-20/h4-15H,3,16-17H2,1-2H3,(H,27,31). The molecule has 7 nitrogen and oxygen atoms in total. The highest BCUT2D eigenvalue weighted by atomic mass is 32.2. The molecule has 0 aliphatic carbocycles. The fourth-order valence-electron chi connectivity index (χ4n) is 3.24. The molecule has 8 heteroatoms. The Morgan fingerprint density at radius 3 is 2.55 bits per heavy atom. The number of para-hydroxylation sites is 2. The molecule has 0 saturated heterocycles. The van der Waals surface area contributed by atoms with Gasteiger partial charge in [0.1, 0.15) is 5.75 Å². The van der Waals surface area contributed by atoms with Gasteiger partial charge in [-0.2, -0.15) is 0 Å². The minimum Gasteiger partial charge on any atom is -0.455 e. The molecular formula is C25H25N5O2S. The normalized spacial score (nSPS) is 10.7. The molecular weight excluding hydrogens is 434 g/mol. The average molecular weight is 460 g/mol. The first-order valence-corrected chi connectivity index (χ1v) is 11.7. The number of hydrogen-bond acceptors (Lipinski definition) is 6. The molecule has 0 aliphatic heterocycles. The average Bonchev–Trinajstić information content (AvgIpc) is 3.24. The molecule has 0 atom stereocenters. The number of anilines is 1. The van der Waals surface area contributed by atoms with Gasteiger partial charge in [-0.15, -0.1) is 10.2 Å². The third-order valence-electron chi connectivity index (χ3n) is 4.84. The Morgan fingerprint density at radius 1 is 1.03 bits per heavy atom. The van der Waals surface area contributed by atoms with Crippen molar-refractivity contribution >= 4 is 23.4 Å². The van der Waals surface area contributed by atoms with Gasteiger partial charge in [-0.25, -0.2) is 0 Å². The third-order valence-corrected chi connectivity index (χ3v) is 5.81. The number of hydrogen-bond donors (Lipinski definition) is 1. The first-order valence-electron chi connectivity index (χ1n) is 10.7. The summed E-state index contributed by atoms with van der Waals surface area (Å²) in [5, 5.41) is 12.3. The summed E-state index contributed by atoms with van der Waals surface area (Å²) in [6.07, 6.45) is 4.40. The van der Waals surface area contributed by atoms with Crippen LogP contribution in [0.5, 0.6) is 11.5 Å². The van der Waals surface area contributed by atoms with E-state index in [0.29, 0.717) is 22.3 Å². The van der Waals surface area contributed by atoms with Crippen molar-refractivity contribution in [2.75, 3.05) is 11.1 Å². The Labute approximate surface area is 197 Å². The van der Waals surface area contributed by atoms with Crippen molar-refractivity contribution in [3.05, 3.63) is 78.6 Å². The summed E-state index contributed by atoms with van der Waals surface area (Å²) in [7, 11) is 0. The largest absolute Gasteiger partial charge is 0.455 e. The van der Waals surface area contributed by atoms with E-state index in [4.69, 9.17) is 4.74 Å². The lowest BCUT2D eigenvalue weighted by Gasteiger charge is -2.12. The van der Waals surface area contributed by atoms with Crippen LogP contribution in [0.4, 0.5) is 5.69 Å². The van der Waals surface area contributed by atoms with E-state index in [1.807, 2.05) is 72.2 Å². The Bertz CT molecular complexity index is 1210. The molecule has 4 aromatic rings. The van der Waals surface area contributed by atoms with E-state index in [1.54, 1.807) is 12.4 Å². The van der Waals surface area contributed by atoms with Crippen LogP contribution in [0.1, 0.15) is 18.9 Å². The number of amides is 1. The Kier molecular flexibility index (Phi) is 7.36. The van der Waals surface area contributed by atoms with Gasteiger partial charge in [0.15, 0.2) is 16.7 Å². The zero-order valence-corrected chi connectivity index (χ0v) is 19.4. The van der Waals surface area contributed by atoms with E-state index in [2.05, 4.69) is 27.4 Å². The molecule has 0 radical (unpaired) electrons. The Hall–Kier alpha value is -3.65. The Balaban J connectivity index is 1.43. The zero-order chi connectivity index (χ0) is 23.0. The van der Waals surface area contributed by atoms with E-state index in [-0.39, 0.29) is 11.7 Å². The predicted octanol–water partition coefficient (Wildman–Crippen LogP) is 5.58. The van der Waals surface area contributed by atoms with E-state index in [1.165, 1.54) is 11.8 Å². The topological polar surface area (TPSA) is 81.9 Å². The number of rotatable bonds is 9. The molecule has 4 rings (SSSR count). The second kappa shape index (κ2) is 10.8. The highest BCUT2D eigenvalue weighted by Gasteiger charge is 2.16. The van der Waals surface area contributed by atoms with Gasteiger partial charge >= 0.3 is 0 Å². The van der Waals surface area contributed by atoms with Gasteiger partial charge in [-0.05, 0) is 49.7 Å². The van der Waals surface area contributed by atoms with Gasteiger partial charge in [0, 0.05) is 24.5 Å². The molecule has 0 unspecified atom stereocenters. The number of thioether (sulfide) groups is 1. The van der Waals surface area contributed by atoms with E-state index in [9.17, 15) is 4.79 Å². The summed E-state index contributed by atoms with van der Waals surface area (Å²) in [5.74, 6) is 2.15. The quantitative estimate of drug-likeness (QED) is 0.329. The smallest absolute Gasteiger partial charge is 0.234 e. The molecule has 2 aromatic carbocycles. The molecule has 33 heavy (non-hydrogen) atoms. The zero-order valence-electron chi connectivity index (χ0n) is 18.6. The number of ether oxygens (including phenoxy) is 1. The number of nitrogens with one attached hydrogen (secondary N) is 1. The molecule has 2 aromatic heterocycles. The van der Waals surface area contributed by atoms with Crippen LogP contribution in [-0.2, 0) is 11.3 Å². The third kappa shape index (κ3) is 5.78. The molecule has 0 bridgehead atoms. The van der Waals surface area contributed by atoms with Gasteiger partial charge in [-0.1, -0.05) is 48.5 Å². The molecule has 2 heterocycles. The van der Waals surface area contributed by atoms with Crippen molar-refractivity contribution in [3.8, 4) is 22.9 Å². The first kappa shape index (κ1) is 22.5. The molecule has 168 valence electrons. The lowest BCUT2D eigenvalue weighted by Crippen LogP contribution is -2.15. The number of nitrogens with zero attached hydrogens (tertiary/aromatic N) is 4. The van der Waals surface area contributed by atoms with Gasteiger partial charge in [0.05, 0.1) is 11.4 Å². The highest BCUT2D eigenvalue weighted by Crippen LogP contribution is 2.30. The van der Waals surface area contributed by atoms with Crippen LogP contribution in [-0.4, -0.2) is 31.4 Å². The SMILES string of the molecule is CCCn1c(SCC(=O)Nc2ccccc2Oc2ccc(C)cc2)nnc1-c1ccncc1. The summed E-state index contributed by atoms with van der Waals surface area (Å²) in [4.78, 5) is 16.8. The Morgan fingerprint density at radius 2 is 1.79 bits per heavy atom. The maximum Gasteiger partial charge on any atom is 0.234 e. The van der Waals surface area contributed by atoms with Gasteiger partial charge in [0.25, 0.3) is 0 Å². The van der Waals surface area contributed by atoms with Gasteiger partial charge in [-0.3, -0.25) is 9.78 Å². The minimum absolute atomic E-state index is 0.142. The van der Waals surface area contributed by atoms with Crippen molar-refractivity contribution in [2.24, 2.45) is 0 Å². The molecule has 0 spiro atoms. The molecule has 0 fully saturated rings. The summed E-state index contributed by atoms with van der Waals surface area (Å²) in [6.45, 7) is 4.89. The highest BCUT2D eigenvalue weighted by molar-refractivity contribution is 7.99. The van der Waals surface area contributed by atoms with E-state index < -0.39 is 0 Å². The second-order valence-electron chi connectivity index (χ2n) is 7.44. The number of aromatic nitrogens is 4. The second-order valence-corrected chi connectivity index (χ2v) is 8.38. The summed E-state index contributed by atoms with van der Waals surface area (Å²) < 4.78 is 8.02. The minimum atomic E-state index is -0.142. The molecule has 1 N–H and O–H groups in total.